The highest BCUT2D eigenvalue weighted by atomic mass is 19.1. The molecule has 4 nitrogen and oxygen atoms in total. The van der Waals surface area contributed by atoms with Gasteiger partial charge in [-0.3, -0.25) is 0 Å². The topological polar surface area (TPSA) is 63.3 Å². The van der Waals surface area contributed by atoms with Crippen LogP contribution >= 0.6 is 0 Å². The largest absolute Gasteiger partial charge is 0.475 e. The van der Waals surface area contributed by atoms with Gasteiger partial charge in [0.15, 0.2) is 0 Å². The SMILES string of the molecule is O=C(O)c1cc(-c2ccccc2F)no1. The van der Waals surface area contributed by atoms with Crippen LogP contribution in [-0.2, 0) is 0 Å². The minimum absolute atomic E-state index is 0.172. The van der Waals surface area contributed by atoms with Crippen molar-refractivity contribution in [2.24, 2.45) is 0 Å². The fourth-order valence-corrected chi connectivity index (χ4v) is 1.17. The zero-order chi connectivity index (χ0) is 10.8. The Labute approximate surface area is 83.9 Å². The molecule has 0 amide bonds. The Kier molecular flexibility index (Phi) is 2.21. The number of carboxylic acid groups (broad SMARTS) is 1. The number of carbonyl (C=O) groups is 1. The van der Waals surface area contributed by atoms with Gasteiger partial charge in [-0.1, -0.05) is 17.3 Å². The van der Waals surface area contributed by atoms with Gasteiger partial charge in [-0.25, -0.2) is 9.18 Å². The van der Waals surface area contributed by atoms with Crippen LogP contribution in [0.5, 0.6) is 0 Å². The van der Waals surface area contributed by atoms with Gasteiger partial charge in [-0.05, 0) is 12.1 Å². The molecule has 1 heterocycles. The fraction of sp³-hybridized carbons (Fsp3) is 0. The maximum Gasteiger partial charge on any atom is 0.374 e. The van der Waals surface area contributed by atoms with Crippen molar-refractivity contribution in [1.82, 2.24) is 5.16 Å². The summed E-state index contributed by atoms with van der Waals surface area (Å²) in [5, 5.41) is 12.1. The molecule has 2 rings (SSSR count). The predicted molar refractivity (Wildman–Crippen MR) is 48.9 cm³/mol. The van der Waals surface area contributed by atoms with Gasteiger partial charge < -0.3 is 9.63 Å². The normalized spacial score (nSPS) is 10.2. The lowest BCUT2D eigenvalue weighted by molar-refractivity contribution is 0.0652. The molecule has 5 heteroatoms. The average molecular weight is 207 g/mol. The van der Waals surface area contributed by atoms with Crippen LogP contribution in [0, 0.1) is 5.82 Å². The Hall–Kier alpha value is -2.17. The van der Waals surface area contributed by atoms with E-state index in [2.05, 4.69) is 9.68 Å². The molecule has 1 N–H and O–H groups in total. The highest BCUT2D eigenvalue weighted by molar-refractivity contribution is 5.85. The second kappa shape index (κ2) is 3.53. The molecular weight excluding hydrogens is 201 g/mol. The summed E-state index contributed by atoms with van der Waals surface area (Å²) < 4.78 is 17.8. The third kappa shape index (κ3) is 1.71. The van der Waals surface area contributed by atoms with Gasteiger partial charge in [-0.15, -0.1) is 0 Å². The van der Waals surface area contributed by atoms with Crippen molar-refractivity contribution in [3.63, 3.8) is 0 Å². The van der Waals surface area contributed by atoms with Crippen molar-refractivity contribution < 1.29 is 18.8 Å². The smallest absolute Gasteiger partial charge is 0.374 e. The second-order valence-electron chi connectivity index (χ2n) is 2.86. The first-order chi connectivity index (χ1) is 7.18. The molecule has 0 bridgehead atoms. The molecule has 0 saturated heterocycles. The van der Waals surface area contributed by atoms with Crippen LogP contribution in [0.2, 0.25) is 0 Å². The first-order valence-electron chi connectivity index (χ1n) is 4.13. The number of aromatic nitrogens is 1. The summed E-state index contributed by atoms with van der Waals surface area (Å²) in [5.74, 6) is -2.01. The lowest BCUT2D eigenvalue weighted by Crippen LogP contribution is -1.91. The number of benzene rings is 1. The molecule has 1 aromatic carbocycles. The van der Waals surface area contributed by atoms with Crippen LogP contribution < -0.4 is 0 Å². The van der Waals surface area contributed by atoms with Crippen LogP contribution in [0.15, 0.2) is 34.9 Å². The predicted octanol–water partition coefficient (Wildman–Crippen LogP) is 2.18. The number of hydrogen-bond acceptors (Lipinski definition) is 3. The highest BCUT2D eigenvalue weighted by Gasteiger charge is 2.14. The minimum atomic E-state index is -1.23. The maximum atomic E-state index is 13.3. The van der Waals surface area contributed by atoms with Crippen molar-refractivity contribution >= 4 is 5.97 Å². The summed E-state index contributed by atoms with van der Waals surface area (Å²) in [4.78, 5) is 10.5. The molecule has 2 aromatic rings. The molecular formula is C10H6FNO3. The van der Waals surface area contributed by atoms with Crippen molar-refractivity contribution in [3.05, 3.63) is 41.9 Å². The number of rotatable bonds is 2. The Morgan fingerprint density at radius 3 is 2.73 bits per heavy atom. The van der Waals surface area contributed by atoms with Gasteiger partial charge in [0.2, 0.25) is 5.76 Å². The van der Waals surface area contributed by atoms with Gasteiger partial charge in [0, 0.05) is 11.6 Å². The summed E-state index contributed by atoms with van der Waals surface area (Å²) in [5.41, 5.74) is 0.388. The van der Waals surface area contributed by atoms with E-state index in [1.807, 2.05) is 0 Å². The Bertz CT molecular complexity index is 507. The number of aromatic carboxylic acids is 1. The van der Waals surface area contributed by atoms with E-state index >= 15 is 0 Å². The first kappa shape index (κ1) is 9.39. The summed E-state index contributed by atoms with van der Waals surface area (Å²) >= 11 is 0. The van der Waals surface area contributed by atoms with Gasteiger partial charge in [0.1, 0.15) is 11.5 Å². The van der Waals surface area contributed by atoms with Gasteiger partial charge in [-0.2, -0.15) is 0 Å². The molecule has 0 unspecified atom stereocenters. The number of carboxylic acids is 1. The van der Waals surface area contributed by atoms with Gasteiger partial charge in [0.25, 0.3) is 0 Å². The van der Waals surface area contributed by atoms with E-state index in [0.29, 0.717) is 0 Å². The molecule has 0 aliphatic rings. The van der Waals surface area contributed by atoms with Crippen molar-refractivity contribution in [1.29, 1.82) is 0 Å². The van der Waals surface area contributed by atoms with Crippen LogP contribution in [0.4, 0.5) is 4.39 Å². The van der Waals surface area contributed by atoms with E-state index in [0.717, 1.165) is 0 Å². The first-order valence-corrected chi connectivity index (χ1v) is 4.13. The van der Waals surface area contributed by atoms with E-state index in [-0.39, 0.29) is 17.0 Å². The quantitative estimate of drug-likeness (QED) is 0.819. The molecule has 0 spiro atoms. The molecule has 76 valence electrons. The van der Waals surface area contributed by atoms with Crippen LogP contribution in [0.3, 0.4) is 0 Å². The summed E-state index contributed by atoms with van der Waals surface area (Å²) in [6, 6.07) is 7.12. The number of hydrogen-bond donors (Lipinski definition) is 1. The summed E-state index contributed by atoms with van der Waals surface area (Å²) in [7, 11) is 0. The number of halogens is 1. The van der Waals surface area contributed by atoms with E-state index in [4.69, 9.17) is 5.11 Å². The second-order valence-corrected chi connectivity index (χ2v) is 2.86. The molecule has 0 saturated carbocycles. The van der Waals surface area contributed by atoms with Gasteiger partial charge >= 0.3 is 5.97 Å². The monoisotopic (exact) mass is 207 g/mol. The third-order valence-electron chi connectivity index (χ3n) is 1.87. The lowest BCUT2D eigenvalue weighted by atomic mass is 10.1. The molecule has 1 aromatic heterocycles. The van der Waals surface area contributed by atoms with E-state index in [9.17, 15) is 9.18 Å². The van der Waals surface area contributed by atoms with E-state index < -0.39 is 11.8 Å². The summed E-state index contributed by atoms with van der Waals surface area (Å²) in [6.45, 7) is 0. The van der Waals surface area contributed by atoms with Crippen LogP contribution in [-0.4, -0.2) is 16.2 Å². The van der Waals surface area contributed by atoms with E-state index in [1.165, 1.54) is 24.3 Å². The van der Waals surface area contributed by atoms with Crippen LogP contribution in [0.1, 0.15) is 10.6 Å². The molecule has 0 fully saturated rings. The Morgan fingerprint density at radius 2 is 2.13 bits per heavy atom. The third-order valence-corrected chi connectivity index (χ3v) is 1.87. The highest BCUT2D eigenvalue weighted by Crippen LogP contribution is 2.21. The lowest BCUT2D eigenvalue weighted by Gasteiger charge is -1.95. The van der Waals surface area contributed by atoms with Crippen molar-refractivity contribution in [3.8, 4) is 11.3 Å². The average Bonchev–Trinajstić information content (AvgIpc) is 2.67. The summed E-state index contributed by atoms with van der Waals surface area (Å²) in [6.07, 6.45) is 0. The molecule has 15 heavy (non-hydrogen) atoms. The fourth-order valence-electron chi connectivity index (χ4n) is 1.17. The van der Waals surface area contributed by atoms with Crippen molar-refractivity contribution in [2.45, 2.75) is 0 Å². The van der Waals surface area contributed by atoms with Crippen LogP contribution in [0.25, 0.3) is 11.3 Å². The Morgan fingerprint density at radius 1 is 1.40 bits per heavy atom. The molecule has 0 aliphatic carbocycles. The van der Waals surface area contributed by atoms with Crippen molar-refractivity contribution in [2.75, 3.05) is 0 Å². The Balaban J connectivity index is 2.46. The minimum Gasteiger partial charge on any atom is -0.475 e. The van der Waals surface area contributed by atoms with E-state index in [1.54, 1.807) is 6.07 Å². The molecule has 0 aliphatic heterocycles. The maximum absolute atomic E-state index is 13.3. The molecule has 0 radical (unpaired) electrons. The molecule has 0 atom stereocenters. The zero-order valence-electron chi connectivity index (χ0n) is 7.48. The number of nitrogens with zero attached hydrogens (tertiary/aromatic N) is 1. The zero-order valence-corrected chi connectivity index (χ0v) is 7.48. The standard InChI is InChI=1S/C10H6FNO3/c11-7-4-2-1-3-6(7)8-5-9(10(13)14)15-12-8/h1-5H,(H,13,14). The van der Waals surface area contributed by atoms with Gasteiger partial charge in [0.05, 0.1) is 0 Å².